The number of benzene rings is 4. The molecule has 1 heteroatoms. The van der Waals surface area contributed by atoms with Crippen LogP contribution >= 0.6 is 0 Å². The van der Waals surface area contributed by atoms with Crippen LogP contribution in [0.2, 0.25) is 0 Å². The lowest BCUT2D eigenvalue weighted by molar-refractivity contribution is 0.510. The third kappa shape index (κ3) is 2.00. The highest BCUT2D eigenvalue weighted by Crippen LogP contribution is 2.59. The van der Waals surface area contributed by atoms with E-state index in [0.29, 0.717) is 0 Å². The van der Waals surface area contributed by atoms with Crippen molar-refractivity contribution < 1.29 is 0 Å². The summed E-state index contributed by atoms with van der Waals surface area (Å²) < 4.78 is 0. The first-order valence-electron chi connectivity index (χ1n) is 10.5. The van der Waals surface area contributed by atoms with E-state index in [2.05, 4.69) is 93.6 Å². The number of fused-ring (bicyclic) bond motifs is 9. The van der Waals surface area contributed by atoms with E-state index in [4.69, 9.17) is 5.73 Å². The minimum absolute atomic E-state index is 0.00472. The standard InChI is InChI=1S/C28H25N/c1-27(2)25-14-17(29)12-13-24(25)28(3)16-23-21-11-7-5-9-19(21)18-8-4-6-10-20(18)22(23)15-26(27)28/h4-15H,16,29H2,1-3H3. The van der Waals surface area contributed by atoms with Gasteiger partial charge in [-0.15, -0.1) is 0 Å². The van der Waals surface area contributed by atoms with Crippen LogP contribution in [0.15, 0.2) is 72.3 Å². The summed E-state index contributed by atoms with van der Waals surface area (Å²) in [7, 11) is 0. The van der Waals surface area contributed by atoms with E-state index >= 15 is 0 Å². The van der Waals surface area contributed by atoms with Crippen molar-refractivity contribution in [3.63, 3.8) is 0 Å². The van der Waals surface area contributed by atoms with Gasteiger partial charge in [0.05, 0.1) is 0 Å². The first-order valence-corrected chi connectivity index (χ1v) is 10.5. The molecule has 0 aromatic heterocycles. The van der Waals surface area contributed by atoms with Gasteiger partial charge in [-0.25, -0.2) is 0 Å². The zero-order valence-electron chi connectivity index (χ0n) is 17.2. The van der Waals surface area contributed by atoms with Crippen LogP contribution in [0, 0.1) is 0 Å². The second-order valence-corrected chi connectivity index (χ2v) is 9.48. The van der Waals surface area contributed by atoms with Crippen LogP contribution in [0.25, 0.3) is 27.6 Å². The van der Waals surface area contributed by atoms with Crippen molar-refractivity contribution in [1.29, 1.82) is 0 Å². The van der Waals surface area contributed by atoms with Crippen LogP contribution in [-0.4, -0.2) is 0 Å². The number of rotatable bonds is 0. The molecule has 0 saturated carbocycles. The third-order valence-electron chi connectivity index (χ3n) is 7.48. The fraction of sp³-hybridized carbons (Fsp3) is 0.214. The molecule has 4 aromatic rings. The minimum Gasteiger partial charge on any atom is -0.399 e. The van der Waals surface area contributed by atoms with Crippen molar-refractivity contribution in [2.75, 3.05) is 5.73 Å². The van der Waals surface area contributed by atoms with Gasteiger partial charge in [0.25, 0.3) is 0 Å². The number of allylic oxidation sites excluding steroid dienone is 1. The molecule has 2 aliphatic carbocycles. The van der Waals surface area contributed by atoms with Crippen LogP contribution < -0.4 is 5.73 Å². The lowest BCUT2D eigenvalue weighted by Gasteiger charge is -2.37. The van der Waals surface area contributed by atoms with Crippen molar-refractivity contribution >= 4 is 33.3 Å². The molecule has 0 radical (unpaired) electrons. The van der Waals surface area contributed by atoms with Gasteiger partial charge in [0.2, 0.25) is 0 Å². The molecule has 4 aromatic carbocycles. The van der Waals surface area contributed by atoms with Crippen molar-refractivity contribution in [3.05, 3.63) is 94.6 Å². The summed E-state index contributed by atoms with van der Waals surface area (Å²) in [6.07, 6.45) is 3.53. The fourth-order valence-electron chi connectivity index (χ4n) is 6.17. The van der Waals surface area contributed by atoms with Gasteiger partial charge >= 0.3 is 0 Å². The minimum atomic E-state index is -0.0239. The van der Waals surface area contributed by atoms with Gasteiger partial charge in [-0.05, 0) is 67.9 Å². The predicted molar refractivity (Wildman–Crippen MR) is 124 cm³/mol. The Hall–Kier alpha value is -3.06. The summed E-state index contributed by atoms with van der Waals surface area (Å²) in [4.78, 5) is 0. The molecule has 1 atom stereocenters. The molecular formula is C28H25N. The zero-order valence-corrected chi connectivity index (χ0v) is 17.2. The maximum absolute atomic E-state index is 6.20. The van der Waals surface area contributed by atoms with Crippen molar-refractivity contribution in [2.24, 2.45) is 0 Å². The first-order chi connectivity index (χ1) is 13.9. The summed E-state index contributed by atoms with van der Waals surface area (Å²) in [5, 5.41) is 5.46. The Morgan fingerprint density at radius 2 is 1.34 bits per heavy atom. The molecule has 29 heavy (non-hydrogen) atoms. The van der Waals surface area contributed by atoms with Crippen molar-refractivity contribution in [2.45, 2.75) is 38.0 Å². The number of nitrogen functional groups attached to an aromatic ring is 1. The number of hydrogen-bond acceptors (Lipinski definition) is 1. The highest BCUT2D eigenvalue weighted by molar-refractivity contribution is 6.13. The van der Waals surface area contributed by atoms with E-state index in [0.717, 1.165) is 12.1 Å². The van der Waals surface area contributed by atoms with E-state index < -0.39 is 0 Å². The Kier molecular flexibility index (Phi) is 3.08. The average Bonchev–Trinajstić information content (AvgIpc) is 2.89. The lowest BCUT2D eigenvalue weighted by atomic mass is 9.66. The maximum Gasteiger partial charge on any atom is 0.0317 e. The lowest BCUT2D eigenvalue weighted by Crippen LogP contribution is -2.31. The second kappa shape index (κ2) is 5.30. The average molecular weight is 376 g/mol. The van der Waals surface area contributed by atoms with E-state index in [-0.39, 0.29) is 10.8 Å². The van der Waals surface area contributed by atoms with E-state index in [1.807, 2.05) is 0 Å². The van der Waals surface area contributed by atoms with E-state index in [9.17, 15) is 0 Å². The monoisotopic (exact) mass is 375 g/mol. The first kappa shape index (κ1) is 16.9. The molecule has 0 fully saturated rings. The van der Waals surface area contributed by atoms with Gasteiger partial charge in [0, 0.05) is 16.5 Å². The molecule has 2 N–H and O–H groups in total. The molecule has 0 amide bonds. The van der Waals surface area contributed by atoms with Crippen LogP contribution in [0.5, 0.6) is 0 Å². The zero-order chi connectivity index (χ0) is 20.0. The molecule has 0 bridgehead atoms. The topological polar surface area (TPSA) is 26.0 Å². The Morgan fingerprint density at radius 1 is 0.724 bits per heavy atom. The van der Waals surface area contributed by atoms with Gasteiger partial charge in [0.1, 0.15) is 0 Å². The SMILES string of the molecule is CC1(C)C2=Cc3c(c4ccccc4c4ccccc34)CC2(C)c2ccc(N)cc21. The van der Waals surface area contributed by atoms with Crippen LogP contribution in [0.1, 0.15) is 43.0 Å². The normalized spacial score (nSPS) is 21.6. The van der Waals surface area contributed by atoms with Gasteiger partial charge < -0.3 is 5.73 Å². The molecule has 142 valence electrons. The van der Waals surface area contributed by atoms with Crippen molar-refractivity contribution in [3.8, 4) is 0 Å². The molecule has 0 heterocycles. The Morgan fingerprint density at radius 3 is 2.07 bits per heavy atom. The van der Waals surface area contributed by atoms with Crippen LogP contribution in [0.4, 0.5) is 5.69 Å². The maximum atomic E-state index is 6.20. The quantitative estimate of drug-likeness (QED) is 0.266. The summed E-state index contributed by atoms with van der Waals surface area (Å²) >= 11 is 0. The molecule has 2 aliphatic rings. The molecule has 0 aliphatic heterocycles. The Labute approximate surface area is 171 Å². The molecular weight excluding hydrogens is 350 g/mol. The van der Waals surface area contributed by atoms with Gasteiger partial charge in [-0.3, -0.25) is 0 Å². The van der Waals surface area contributed by atoms with Crippen LogP contribution in [0.3, 0.4) is 0 Å². The van der Waals surface area contributed by atoms with E-state index in [1.165, 1.54) is 49.4 Å². The molecule has 0 spiro atoms. The fourth-order valence-corrected chi connectivity index (χ4v) is 6.17. The summed E-state index contributed by atoms with van der Waals surface area (Å²) in [6, 6.07) is 24.3. The predicted octanol–water partition coefficient (Wildman–Crippen LogP) is 6.76. The largest absolute Gasteiger partial charge is 0.399 e. The molecule has 6 rings (SSSR count). The van der Waals surface area contributed by atoms with E-state index in [1.54, 1.807) is 0 Å². The Bertz CT molecular complexity index is 1370. The van der Waals surface area contributed by atoms with Crippen molar-refractivity contribution in [1.82, 2.24) is 0 Å². The number of nitrogens with two attached hydrogens (primary N) is 1. The smallest absolute Gasteiger partial charge is 0.0317 e. The highest BCUT2D eigenvalue weighted by Gasteiger charge is 2.51. The third-order valence-corrected chi connectivity index (χ3v) is 7.48. The molecule has 0 saturated heterocycles. The molecule has 1 nitrogen and oxygen atoms in total. The summed E-state index contributed by atoms with van der Waals surface area (Å²) in [6.45, 7) is 7.14. The number of hydrogen-bond donors (Lipinski definition) is 1. The Balaban J connectivity index is 1.76. The second-order valence-electron chi connectivity index (χ2n) is 9.48. The van der Waals surface area contributed by atoms with Gasteiger partial charge in [-0.2, -0.15) is 0 Å². The van der Waals surface area contributed by atoms with Gasteiger partial charge in [-0.1, -0.05) is 81.4 Å². The molecule has 1 unspecified atom stereocenters. The summed E-state index contributed by atoms with van der Waals surface area (Å²) in [5.74, 6) is 0. The van der Waals surface area contributed by atoms with Gasteiger partial charge in [0.15, 0.2) is 0 Å². The number of anilines is 1. The van der Waals surface area contributed by atoms with Crippen LogP contribution in [-0.2, 0) is 17.3 Å². The summed E-state index contributed by atoms with van der Waals surface area (Å²) in [5.41, 5.74) is 14.2. The highest BCUT2D eigenvalue weighted by atomic mass is 14.6.